The molecule has 4 aromatic carbocycles. The van der Waals surface area contributed by atoms with Crippen LogP contribution in [0.25, 0.3) is 21.7 Å². The van der Waals surface area contributed by atoms with E-state index in [9.17, 15) is 4.79 Å². The minimum absolute atomic E-state index is 0.327. The Morgan fingerprint density at radius 3 is 2.50 bits per heavy atom. The molecule has 0 saturated carbocycles. The van der Waals surface area contributed by atoms with Crippen LogP contribution < -0.4 is 14.2 Å². The molecule has 6 heteroatoms. The summed E-state index contributed by atoms with van der Waals surface area (Å²) in [4.78, 5) is 16.8. The summed E-state index contributed by atoms with van der Waals surface area (Å²) in [5, 5.41) is 2.48. The van der Waals surface area contributed by atoms with Crippen molar-refractivity contribution in [3.8, 4) is 23.0 Å². The highest BCUT2D eigenvalue weighted by Gasteiger charge is 2.14. The quantitative estimate of drug-likeness (QED) is 0.225. The van der Waals surface area contributed by atoms with Gasteiger partial charge in [0.1, 0.15) is 18.1 Å². The lowest BCUT2D eigenvalue weighted by molar-refractivity contribution is 0.0528. The SMILES string of the molecule is CCOC(=O)c1cccc2cc(Oc3ccnc4cc(OCc5ccccc5)c(OC)cc34)ccc12. The number of nitrogens with zero attached hydrogens (tertiary/aromatic N) is 1. The average Bonchev–Trinajstić information content (AvgIpc) is 2.92. The number of carbonyl (C=O) groups is 1. The van der Waals surface area contributed by atoms with Crippen molar-refractivity contribution in [1.82, 2.24) is 4.98 Å². The summed E-state index contributed by atoms with van der Waals surface area (Å²) in [5.74, 6) is 2.13. The fourth-order valence-corrected chi connectivity index (χ4v) is 4.06. The maximum atomic E-state index is 12.3. The molecule has 0 aliphatic heterocycles. The lowest BCUT2D eigenvalue weighted by Gasteiger charge is -2.14. The molecule has 5 aromatic rings. The van der Waals surface area contributed by atoms with E-state index in [1.165, 1.54) is 0 Å². The van der Waals surface area contributed by atoms with E-state index in [4.69, 9.17) is 18.9 Å². The van der Waals surface area contributed by atoms with Crippen LogP contribution in [0.1, 0.15) is 22.8 Å². The van der Waals surface area contributed by atoms with Crippen molar-refractivity contribution in [3.05, 3.63) is 102 Å². The first-order valence-electron chi connectivity index (χ1n) is 11.7. The van der Waals surface area contributed by atoms with Crippen LogP contribution in [0.4, 0.5) is 0 Å². The third-order valence-corrected chi connectivity index (χ3v) is 5.80. The topological polar surface area (TPSA) is 66.9 Å². The Morgan fingerprint density at radius 2 is 1.69 bits per heavy atom. The fraction of sp³-hybridized carbons (Fsp3) is 0.133. The van der Waals surface area contributed by atoms with Crippen molar-refractivity contribution in [3.63, 3.8) is 0 Å². The van der Waals surface area contributed by atoms with Crippen molar-refractivity contribution < 1.29 is 23.7 Å². The predicted molar refractivity (Wildman–Crippen MR) is 139 cm³/mol. The number of carbonyl (C=O) groups excluding carboxylic acids is 1. The molecule has 0 radical (unpaired) electrons. The van der Waals surface area contributed by atoms with Gasteiger partial charge in [-0.1, -0.05) is 42.5 Å². The van der Waals surface area contributed by atoms with Crippen molar-refractivity contribution in [2.75, 3.05) is 13.7 Å². The maximum absolute atomic E-state index is 12.3. The van der Waals surface area contributed by atoms with E-state index < -0.39 is 0 Å². The molecule has 6 nitrogen and oxygen atoms in total. The average molecular weight is 480 g/mol. The second-order valence-corrected chi connectivity index (χ2v) is 8.11. The molecule has 0 unspecified atom stereocenters. The van der Waals surface area contributed by atoms with Gasteiger partial charge in [-0.25, -0.2) is 4.79 Å². The van der Waals surface area contributed by atoms with Crippen LogP contribution in [-0.4, -0.2) is 24.7 Å². The highest BCUT2D eigenvalue weighted by atomic mass is 16.5. The van der Waals surface area contributed by atoms with Gasteiger partial charge in [0.25, 0.3) is 0 Å². The largest absolute Gasteiger partial charge is 0.493 e. The predicted octanol–water partition coefficient (Wildman–Crippen LogP) is 6.94. The van der Waals surface area contributed by atoms with Gasteiger partial charge >= 0.3 is 5.97 Å². The standard InChI is InChI=1S/C30H25NO5/c1-3-34-30(32)24-11-7-10-21-16-22(12-13-23(21)24)36-27-14-15-31-26-18-29(28(33-2)17-25(26)27)35-19-20-8-5-4-6-9-20/h4-18H,3,19H2,1-2H3. The molecule has 1 heterocycles. The molecular weight excluding hydrogens is 454 g/mol. The Morgan fingerprint density at radius 1 is 0.833 bits per heavy atom. The number of ether oxygens (including phenoxy) is 4. The zero-order valence-electron chi connectivity index (χ0n) is 20.1. The molecule has 5 rings (SSSR count). The number of benzene rings is 4. The minimum Gasteiger partial charge on any atom is -0.493 e. The Hall–Kier alpha value is -4.58. The van der Waals surface area contributed by atoms with E-state index in [1.807, 2.05) is 78.9 Å². The highest BCUT2D eigenvalue weighted by Crippen LogP contribution is 2.38. The van der Waals surface area contributed by atoms with E-state index in [0.29, 0.717) is 41.8 Å². The summed E-state index contributed by atoms with van der Waals surface area (Å²) in [6.07, 6.45) is 1.70. The summed E-state index contributed by atoms with van der Waals surface area (Å²) in [6, 6.07) is 26.6. The van der Waals surface area contributed by atoms with Crippen molar-refractivity contribution >= 4 is 27.6 Å². The number of hydrogen-bond donors (Lipinski definition) is 0. The van der Waals surface area contributed by atoms with Crippen LogP contribution in [0.2, 0.25) is 0 Å². The molecule has 180 valence electrons. The van der Waals surface area contributed by atoms with Crippen LogP contribution in [-0.2, 0) is 11.3 Å². The Bertz CT molecular complexity index is 1530. The fourth-order valence-electron chi connectivity index (χ4n) is 4.06. The summed E-state index contributed by atoms with van der Waals surface area (Å²) in [7, 11) is 1.61. The summed E-state index contributed by atoms with van der Waals surface area (Å²) < 4.78 is 23.1. The van der Waals surface area contributed by atoms with E-state index >= 15 is 0 Å². The Balaban J connectivity index is 1.45. The van der Waals surface area contributed by atoms with E-state index in [2.05, 4.69) is 4.98 Å². The normalized spacial score (nSPS) is 10.8. The van der Waals surface area contributed by atoms with E-state index in [1.54, 1.807) is 26.3 Å². The molecule has 0 spiro atoms. The van der Waals surface area contributed by atoms with Crippen LogP contribution in [0.15, 0.2) is 91.1 Å². The minimum atomic E-state index is -0.339. The smallest absolute Gasteiger partial charge is 0.338 e. The third kappa shape index (κ3) is 4.79. The summed E-state index contributed by atoms with van der Waals surface area (Å²) >= 11 is 0. The molecule has 0 aliphatic rings. The van der Waals surface area contributed by atoms with Gasteiger partial charge in [0.2, 0.25) is 0 Å². The molecule has 0 saturated heterocycles. The number of hydrogen-bond acceptors (Lipinski definition) is 6. The first-order valence-corrected chi connectivity index (χ1v) is 11.7. The number of fused-ring (bicyclic) bond motifs is 2. The second kappa shape index (κ2) is 10.4. The molecule has 36 heavy (non-hydrogen) atoms. The second-order valence-electron chi connectivity index (χ2n) is 8.11. The lowest BCUT2D eigenvalue weighted by Crippen LogP contribution is -2.05. The van der Waals surface area contributed by atoms with E-state index in [0.717, 1.165) is 27.2 Å². The molecule has 0 atom stereocenters. The zero-order chi connectivity index (χ0) is 24.9. The number of rotatable bonds is 8. The zero-order valence-corrected chi connectivity index (χ0v) is 20.1. The van der Waals surface area contributed by atoms with Gasteiger partial charge < -0.3 is 18.9 Å². The van der Waals surface area contributed by atoms with Gasteiger partial charge in [-0.05, 0) is 59.7 Å². The molecule has 1 aromatic heterocycles. The van der Waals surface area contributed by atoms with Crippen LogP contribution in [0.5, 0.6) is 23.0 Å². The molecular formula is C30H25NO5. The molecule has 0 bridgehead atoms. The Kier molecular flexibility index (Phi) is 6.67. The Labute approximate surface area is 209 Å². The van der Waals surface area contributed by atoms with Crippen molar-refractivity contribution in [2.24, 2.45) is 0 Å². The first-order chi connectivity index (χ1) is 17.7. The van der Waals surface area contributed by atoms with Crippen LogP contribution in [0.3, 0.4) is 0 Å². The van der Waals surface area contributed by atoms with Crippen molar-refractivity contribution in [1.29, 1.82) is 0 Å². The van der Waals surface area contributed by atoms with Gasteiger partial charge in [-0.15, -0.1) is 0 Å². The van der Waals surface area contributed by atoms with Crippen LogP contribution >= 0.6 is 0 Å². The summed E-state index contributed by atoms with van der Waals surface area (Å²) in [5.41, 5.74) is 2.32. The van der Waals surface area contributed by atoms with Gasteiger partial charge in [-0.2, -0.15) is 0 Å². The van der Waals surface area contributed by atoms with Crippen molar-refractivity contribution in [2.45, 2.75) is 13.5 Å². The third-order valence-electron chi connectivity index (χ3n) is 5.80. The van der Waals surface area contributed by atoms with Gasteiger partial charge in [0, 0.05) is 17.6 Å². The first kappa shape index (κ1) is 23.2. The monoisotopic (exact) mass is 479 g/mol. The number of esters is 1. The molecule has 0 amide bonds. The van der Waals surface area contributed by atoms with E-state index in [-0.39, 0.29) is 5.97 Å². The molecule has 0 N–H and O–H groups in total. The summed E-state index contributed by atoms with van der Waals surface area (Å²) in [6.45, 7) is 2.54. The number of methoxy groups -OCH3 is 1. The number of pyridine rings is 1. The highest BCUT2D eigenvalue weighted by molar-refractivity contribution is 6.04. The van der Waals surface area contributed by atoms with Gasteiger partial charge in [-0.3, -0.25) is 4.98 Å². The lowest BCUT2D eigenvalue weighted by atomic mass is 10.0. The van der Waals surface area contributed by atoms with Gasteiger partial charge in [0.05, 0.1) is 24.8 Å². The van der Waals surface area contributed by atoms with Gasteiger partial charge in [0.15, 0.2) is 11.5 Å². The number of aromatic nitrogens is 1. The maximum Gasteiger partial charge on any atom is 0.338 e. The molecule has 0 aliphatic carbocycles. The van der Waals surface area contributed by atoms with Crippen LogP contribution in [0, 0.1) is 0 Å². The molecule has 0 fully saturated rings.